The highest BCUT2D eigenvalue weighted by Crippen LogP contribution is 2.25. The Hall–Kier alpha value is -2.15. The number of benzene rings is 2. The van der Waals surface area contributed by atoms with E-state index in [4.69, 9.17) is 21.1 Å². The zero-order valence-electron chi connectivity index (χ0n) is 15.3. The molecule has 27 heavy (non-hydrogen) atoms. The molecule has 0 radical (unpaired) electrons. The maximum atomic E-state index is 12.6. The summed E-state index contributed by atoms with van der Waals surface area (Å²) >= 11 is 7.83. The summed E-state index contributed by atoms with van der Waals surface area (Å²) in [5.74, 6) is 0.431. The molecule has 0 atom stereocenters. The Morgan fingerprint density at radius 2 is 1.93 bits per heavy atom. The molecule has 0 aliphatic heterocycles. The van der Waals surface area contributed by atoms with Crippen LogP contribution in [-0.4, -0.2) is 30.3 Å². The maximum Gasteiger partial charge on any atom is 0.279 e. The number of hydrogen-bond donors (Lipinski definition) is 0. The van der Waals surface area contributed by atoms with Gasteiger partial charge in [0.05, 0.1) is 28.5 Å². The molecule has 0 spiro atoms. The van der Waals surface area contributed by atoms with E-state index < -0.39 is 0 Å². The second-order valence-electron chi connectivity index (χ2n) is 5.69. The number of ether oxygens (including phenoxy) is 2. The van der Waals surface area contributed by atoms with E-state index in [0.717, 1.165) is 16.0 Å². The van der Waals surface area contributed by atoms with Gasteiger partial charge in [-0.05, 0) is 50.2 Å². The van der Waals surface area contributed by atoms with E-state index in [-0.39, 0.29) is 5.91 Å². The number of halogens is 1. The quantitative estimate of drug-likeness (QED) is 0.543. The number of amides is 1. The normalized spacial score (nSPS) is 11.9. The van der Waals surface area contributed by atoms with E-state index in [2.05, 4.69) is 4.99 Å². The molecule has 0 unspecified atom stereocenters. The lowest BCUT2D eigenvalue weighted by Gasteiger charge is -2.06. The van der Waals surface area contributed by atoms with Crippen LogP contribution in [0.3, 0.4) is 0 Å². The highest BCUT2D eigenvalue weighted by molar-refractivity contribution is 7.16. The van der Waals surface area contributed by atoms with E-state index >= 15 is 0 Å². The van der Waals surface area contributed by atoms with Crippen molar-refractivity contribution in [2.24, 2.45) is 4.99 Å². The standard InChI is InChI=1S/C20H21ClN2O3S/c1-3-25-13-12-23-18-16(21)6-5-7-17(18)27-20(23)22-19(24)14-8-10-15(11-9-14)26-4-2/h5-11H,3-4,12-13H2,1-2H3. The van der Waals surface area contributed by atoms with Gasteiger partial charge in [0.1, 0.15) is 5.75 Å². The predicted octanol–water partition coefficient (Wildman–Crippen LogP) is 4.53. The first kappa shape index (κ1) is 19.6. The molecule has 5 nitrogen and oxygen atoms in total. The highest BCUT2D eigenvalue weighted by Gasteiger charge is 2.12. The monoisotopic (exact) mass is 404 g/mol. The fourth-order valence-corrected chi connectivity index (χ4v) is 4.11. The minimum absolute atomic E-state index is 0.300. The Balaban J connectivity index is 1.99. The van der Waals surface area contributed by atoms with Crippen molar-refractivity contribution in [2.75, 3.05) is 19.8 Å². The molecular weight excluding hydrogens is 384 g/mol. The Bertz CT molecular complexity index is 993. The molecule has 0 aliphatic carbocycles. The van der Waals surface area contributed by atoms with E-state index in [1.165, 1.54) is 11.3 Å². The lowest BCUT2D eigenvalue weighted by Crippen LogP contribution is -2.20. The van der Waals surface area contributed by atoms with Crippen molar-refractivity contribution in [2.45, 2.75) is 20.4 Å². The van der Waals surface area contributed by atoms with Crippen LogP contribution in [0.25, 0.3) is 10.2 Å². The molecule has 1 aromatic heterocycles. The van der Waals surface area contributed by atoms with Crippen LogP contribution in [-0.2, 0) is 11.3 Å². The lowest BCUT2D eigenvalue weighted by molar-refractivity contribution is 0.0996. The molecule has 0 N–H and O–H groups in total. The number of thiazole rings is 1. The van der Waals surface area contributed by atoms with Gasteiger partial charge >= 0.3 is 0 Å². The summed E-state index contributed by atoms with van der Waals surface area (Å²) in [5, 5.41) is 0.634. The molecule has 1 heterocycles. The summed E-state index contributed by atoms with van der Waals surface area (Å²) in [5.41, 5.74) is 1.39. The van der Waals surface area contributed by atoms with Gasteiger partial charge in [-0.15, -0.1) is 0 Å². The van der Waals surface area contributed by atoms with Gasteiger partial charge < -0.3 is 14.0 Å². The van der Waals surface area contributed by atoms with Gasteiger partial charge in [0.2, 0.25) is 0 Å². The first-order valence-corrected chi connectivity index (χ1v) is 10.0. The van der Waals surface area contributed by atoms with Crippen LogP contribution in [0.5, 0.6) is 5.75 Å². The highest BCUT2D eigenvalue weighted by atomic mass is 35.5. The molecule has 0 saturated heterocycles. The number of fused-ring (bicyclic) bond motifs is 1. The van der Waals surface area contributed by atoms with Gasteiger partial charge in [-0.25, -0.2) is 0 Å². The number of carbonyl (C=O) groups is 1. The van der Waals surface area contributed by atoms with Crippen molar-refractivity contribution in [3.05, 3.63) is 57.9 Å². The number of nitrogens with zero attached hydrogens (tertiary/aromatic N) is 2. The molecule has 0 bridgehead atoms. The van der Waals surface area contributed by atoms with Crippen molar-refractivity contribution < 1.29 is 14.3 Å². The fraction of sp³-hybridized carbons (Fsp3) is 0.300. The van der Waals surface area contributed by atoms with Crippen molar-refractivity contribution >= 4 is 39.1 Å². The molecule has 0 aliphatic rings. The average Bonchev–Trinajstić information content (AvgIpc) is 3.01. The van der Waals surface area contributed by atoms with E-state index in [1.807, 2.05) is 36.6 Å². The van der Waals surface area contributed by atoms with Crippen molar-refractivity contribution in [3.8, 4) is 5.75 Å². The van der Waals surface area contributed by atoms with Crippen LogP contribution in [0.4, 0.5) is 0 Å². The Morgan fingerprint density at radius 3 is 2.63 bits per heavy atom. The predicted molar refractivity (Wildman–Crippen MR) is 109 cm³/mol. The van der Waals surface area contributed by atoms with E-state index in [0.29, 0.717) is 41.8 Å². The zero-order chi connectivity index (χ0) is 19.2. The topological polar surface area (TPSA) is 52.8 Å². The van der Waals surface area contributed by atoms with Crippen LogP contribution in [0, 0.1) is 0 Å². The molecule has 7 heteroatoms. The second-order valence-corrected chi connectivity index (χ2v) is 7.11. The fourth-order valence-electron chi connectivity index (χ4n) is 2.69. The van der Waals surface area contributed by atoms with Crippen molar-refractivity contribution in [1.29, 1.82) is 0 Å². The SMILES string of the molecule is CCOCCn1c(=NC(=O)c2ccc(OCC)cc2)sc2cccc(Cl)c21. The summed E-state index contributed by atoms with van der Waals surface area (Å²) < 4.78 is 13.8. The molecule has 3 rings (SSSR count). The third-order valence-electron chi connectivity index (χ3n) is 3.92. The number of hydrogen-bond acceptors (Lipinski definition) is 4. The number of aromatic nitrogens is 1. The van der Waals surface area contributed by atoms with Crippen LogP contribution >= 0.6 is 22.9 Å². The van der Waals surface area contributed by atoms with Crippen molar-refractivity contribution in [3.63, 3.8) is 0 Å². The van der Waals surface area contributed by atoms with Crippen LogP contribution in [0.1, 0.15) is 24.2 Å². The van der Waals surface area contributed by atoms with Crippen LogP contribution < -0.4 is 9.54 Å². The molecule has 142 valence electrons. The number of carbonyl (C=O) groups excluding carboxylic acids is 1. The molecule has 1 amide bonds. The minimum Gasteiger partial charge on any atom is -0.494 e. The van der Waals surface area contributed by atoms with Gasteiger partial charge in [-0.3, -0.25) is 4.79 Å². The Morgan fingerprint density at radius 1 is 1.15 bits per heavy atom. The Kier molecular flexibility index (Phi) is 6.66. The summed E-state index contributed by atoms with van der Waals surface area (Å²) in [7, 11) is 0. The lowest BCUT2D eigenvalue weighted by atomic mass is 10.2. The first-order chi connectivity index (χ1) is 13.1. The second kappa shape index (κ2) is 9.17. The number of rotatable bonds is 7. The summed E-state index contributed by atoms with van der Waals surface area (Å²) in [6.07, 6.45) is 0. The van der Waals surface area contributed by atoms with E-state index in [1.54, 1.807) is 24.3 Å². The summed E-state index contributed by atoms with van der Waals surface area (Å²) in [6.45, 7) is 6.19. The third kappa shape index (κ3) is 4.58. The van der Waals surface area contributed by atoms with Gasteiger partial charge in [0.15, 0.2) is 4.80 Å². The van der Waals surface area contributed by atoms with Gasteiger partial charge in [0.25, 0.3) is 5.91 Å². The molecule has 3 aromatic rings. The van der Waals surface area contributed by atoms with Gasteiger partial charge in [-0.2, -0.15) is 4.99 Å². The molecule has 2 aromatic carbocycles. The van der Waals surface area contributed by atoms with E-state index in [9.17, 15) is 4.79 Å². The van der Waals surface area contributed by atoms with Crippen LogP contribution in [0.15, 0.2) is 47.5 Å². The summed E-state index contributed by atoms with van der Waals surface area (Å²) in [4.78, 5) is 17.6. The van der Waals surface area contributed by atoms with Gasteiger partial charge in [0, 0.05) is 18.7 Å². The Labute approximate surface area is 166 Å². The largest absolute Gasteiger partial charge is 0.494 e. The van der Waals surface area contributed by atoms with Crippen molar-refractivity contribution in [1.82, 2.24) is 4.57 Å². The maximum absolute atomic E-state index is 12.6. The molecule has 0 fully saturated rings. The smallest absolute Gasteiger partial charge is 0.279 e. The minimum atomic E-state index is -0.300. The first-order valence-electron chi connectivity index (χ1n) is 8.81. The van der Waals surface area contributed by atoms with Crippen LogP contribution in [0.2, 0.25) is 5.02 Å². The van der Waals surface area contributed by atoms with Gasteiger partial charge in [-0.1, -0.05) is 29.0 Å². The average molecular weight is 405 g/mol. The summed E-state index contributed by atoms with van der Waals surface area (Å²) in [6, 6.07) is 12.7. The molecule has 0 saturated carbocycles. The molecular formula is C20H21ClN2O3S. The zero-order valence-corrected chi connectivity index (χ0v) is 16.8. The third-order valence-corrected chi connectivity index (χ3v) is 5.27. The number of para-hydroxylation sites is 1.